The van der Waals surface area contributed by atoms with Gasteiger partial charge in [-0.3, -0.25) is 9.59 Å². The van der Waals surface area contributed by atoms with Gasteiger partial charge in [-0.1, -0.05) is 48.4 Å². The Hall–Kier alpha value is -3.43. The summed E-state index contributed by atoms with van der Waals surface area (Å²) in [6.07, 6.45) is 3.60. The molecule has 5 rings (SSSR count). The van der Waals surface area contributed by atoms with E-state index in [2.05, 4.69) is 34.3 Å². The van der Waals surface area contributed by atoms with E-state index in [1.54, 1.807) is 11.3 Å². The molecule has 1 aliphatic carbocycles. The normalized spacial score (nSPS) is 17.7. The minimum Gasteiger partial charge on any atom is -0.344 e. The van der Waals surface area contributed by atoms with Crippen LogP contribution in [0.4, 0.5) is 0 Å². The number of thiazole rings is 1. The molecule has 1 aromatic heterocycles. The second-order valence-electron chi connectivity index (χ2n) is 8.52. The quantitative estimate of drug-likeness (QED) is 0.599. The third-order valence-electron chi connectivity index (χ3n) is 6.41. The number of benzene rings is 2. The van der Waals surface area contributed by atoms with Crippen molar-refractivity contribution in [3.63, 3.8) is 0 Å². The first-order valence-electron chi connectivity index (χ1n) is 11.4. The second-order valence-corrected chi connectivity index (χ2v) is 9.41. The van der Waals surface area contributed by atoms with Crippen molar-refractivity contribution in [1.29, 1.82) is 0 Å². The first kappa shape index (κ1) is 21.4. The fourth-order valence-corrected chi connectivity index (χ4v) is 5.55. The van der Waals surface area contributed by atoms with Gasteiger partial charge in [-0.25, -0.2) is 4.98 Å². The number of nitrogens with zero attached hydrogens (tertiary/aromatic N) is 2. The fraction of sp³-hybridized carbons (Fsp3) is 0.296. The van der Waals surface area contributed by atoms with E-state index >= 15 is 0 Å². The Morgan fingerprint density at radius 3 is 2.58 bits per heavy atom. The Morgan fingerprint density at radius 2 is 1.76 bits per heavy atom. The Kier molecular flexibility index (Phi) is 6.23. The summed E-state index contributed by atoms with van der Waals surface area (Å²) in [7, 11) is 0. The molecule has 1 fully saturated rings. The third kappa shape index (κ3) is 4.84. The number of rotatable bonds is 3. The molecule has 2 aliphatic rings. The molecule has 33 heavy (non-hydrogen) atoms. The molecule has 0 bridgehead atoms. The molecule has 0 saturated carbocycles. The number of aromatic nitrogens is 1. The van der Waals surface area contributed by atoms with Gasteiger partial charge in [0.15, 0.2) is 0 Å². The van der Waals surface area contributed by atoms with Gasteiger partial charge >= 0.3 is 0 Å². The highest BCUT2D eigenvalue weighted by molar-refractivity contribution is 7.09. The van der Waals surface area contributed by atoms with Gasteiger partial charge in [-0.15, -0.1) is 11.3 Å². The van der Waals surface area contributed by atoms with Crippen LogP contribution >= 0.6 is 11.3 Å². The highest BCUT2D eigenvalue weighted by Gasteiger charge is 2.27. The summed E-state index contributed by atoms with van der Waals surface area (Å²) in [4.78, 5) is 31.7. The van der Waals surface area contributed by atoms with Crippen LogP contribution in [0.25, 0.3) is 0 Å². The fourth-order valence-electron chi connectivity index (χ4n) is 4.57. The lowest BCUT2D eigenvalue weighted by Gasteiger charge is -2.29. The summed E-state index contributed by atoms with van der Waals surface area (Å²) in [5.41, 5.74) is 3.87. The molecule has 1 aliphatic heterocycles. The number of aryl methyl sites for hydroxylation is 1. The van der Waals surface area contributed by atoms with Crippen LogP contribution in [0.2, 0.25) is 0 Å². The molecular formula is C27H25N3O2S. The van der Waals surface area contributed by atoms with Crippen molar-refractivity contribution < 1.29 is 9.59 Å². The van der Waals surface area contributed by atoms with Gasteiger partial charge in [-0.2, -0.15) is 0 Å². The van der Waals surface area contributed by atoms with Gasteiger partial charge in [0.2, 0.25) is 0 Å². The van der Waals surface area contributed by atoms with Crippen LogP contribution in [0.15, 0.2) is 60.0 Å². The number of fused-ring (bicyclic) bond motifs is 1. The Labute approximate surface area is 197 Å². The van der Waals surface area contributed by atoms with Crippen LogP contribution in [0, 0.1) is 11.8 Å². The lowest BCUT2D eigenvalue weighted by Crippen LogP contribution is -2.37. The van der Waals surface area contributed by atoms with E-state index in [1.807, 2.05) is 52.7 Å². The third-order valence-corrected chi connectivity index (χ3v) is 7.42. The highest BCUT2D eigenvalue weighted by Crippen LogP contribution is 2.32. The summed E-state index contributed by atoms with van der Waals surface area (Å²) >= 11 is 1.54. The number of amides is 2. The predicted octanol–water partition coefficient (Wildman–Crippen LogP) is 4.32. The molecular weight excluding hydrogens is 430 g/mol. The Bertz CT molecular complexity index is 1220. The molecule has 2 aromatic carbocycles. The molecule has 6 heteroatoms. The second kappa shape index (κ2) is 9.60. The lowest BCUT2D eigenvalue weighted by atomic mass is 9.97. The van der Waals surface area contributed by atoms with Crippen LogP contribution in [0.1, 0.15) is 63.4 Å². The Morgan fingerprint density at radius 1 is 1.00 bits per heavy atom. The van der Waals surface area contributed by atoms with Crippen molar-refractivity contribution in [2.45, 2.75) is 37.6 Å². The largest absolute Gasteiger partial charge is 0.344 e. The molecule has 2 amide bonds. The molecule has 1 N–H and O–H groups in total. The number of hydrogen-bond acceptors (Lipinski definition) is 4. The van der Waals surface area contributed by atoms with Crippen LogP contribution in [-0.2, 0) is 11.2 Å². The van der Waals surface area contributed by atoms with Crippen LogP contribution in [0.3, 0.4) is 0 Å². The van der Waals surface area contributed by atoms with E-state index in [0.717, 1.165) is 36.3 Å². The summed E-state index contributed by atoms with van der Waals surface area (Å²) < 4.78 is 0. The maximum Gasteiger partial charge on any atom is 0.298 e. The molecule has 0 spiro atoms. The molecule has 2 heterocycles. The number of hydrogen-bond donors (Lipinski definition) is 1. The number of nitrogens with one attached hydrogen (secondary N) is 1. The first-order valence-corrected chi connectivity index (χ1v) is 12.3. The van der Waals surface area contributed by atoms with Gasteiger partial charge in [0.1, 0.15) is 5.69 Å². The summed E-state index contributed by atoms with van der Waals surface area (Å²) in [6.45, 7) is 1.32. The zero-order valence-corrected chi connectivity index (χ0v) is 19.1. The molecule has 5 nitrogen and oxygen atoms in total. The Balaban J connectivity index is 1.16. The average Bonchev–Trinajstić information content (AvgIpc) is 3.51. The molecule has 0 radical (unpaired) electrons. The minimum absolute atomic E-state index is 0.0603. The molecule has 1 atom stereocenters. The monoisotopic (exact) mass is 455 g/mol. The van der Waals surface area contributed by atoms with Crippen molar-refractivity contribution in [2.75, 3.05) is 13.1 Å². The minimum atomic E-state index is -0.131. The van der Waals surface area contributed by atoms with Crippen molar-refractivity contribution in [1.82, 2.24) is 15.2 Å². The van der Waals surface area contributed by atoms with Crippen LogP contribution in [0.5, 0.6) is 0 Å². The SMILES string of the molecule is O=C(NC1CCc2ccccc21)c1csc(C2CCN(C(=O)C#Cc3ccccc3)CC2)n1. The molecule has 166 valence electrons. The first-order chi connectivity index (χ1) is 16.2. The van der Waals surface area contributed by atoms with Crippen molar-refractivity contribution in [2.24, 2.45) is 0 Å². The van der Waals surface area contributed by atoms with E-state index in [0.29, 0.717) is 18.8 Å². The average molecular weight is 456 g/mol. The van der Waals surface area contributed by atoms with Gasteiger partial charge in [0, 0.05) is 35.9 Å². The van der Waals surface area contributed by atoms with Gasteiger partial charge in [0.25, 0.3) is 11.8 Å². The lowest BCUT2D eigenvalue weighted by molar-refractivity contribution is -0.126. The number of carbonyl (C=O) groups excluding carboxylic acids is 2. The standard InChI is InChI=1S/C27H25N3O2S/c31-25(13-10-19-6-2-1-3-7-19)30-16-14-21(15-17-30)27-29-24(18-33-27)26(32)28-23-12-11-20-8-4-5-9-22(20)23/h1-9,18,21,23H,11-12,14-17H2,(H,28,32). The predicted molar refractivity (Wildman–Crippen MR) is 129 cm³/mol. The van der Waals surface area contributed by atoms with E-state index in [1.165, 1.54) is 11.1 Å². The maximum absolute atomic E-state index is 12.8. The van der Waals surface area contributed by atoms with Crippen LogP contribution in [-0.4, -0.2) is 34.8 Å². The van der Waals surface area contributed by atoms with E-state index in [4.69, 9.17) is 0 Å². The number of likely N-dealkylation sites (tertiary alicyclic amines) is 1. The zero-order valence-electron chi connectivity index (χ0n) is 18.3. The molecule has 1 unspecified atom stereocenters. The van der Waals surface area contributed by atoms with E-state index in [-0.39, 0.29) is 23.8 Å². The number of piperidine rings is 1. The summed E-state index contributed by atoms with van der Waals surface area (Å²) in [6, 6.07) is 17.9. The van der Waals surface area contributed by atoms with Crippen molar-refractivity contribution in [3.8, 4) is 11.8 Å². The van der Waals surface area contributed by atoms with Crippen molar-refractivity contribution >= 4 is 23.2 Å². The summed E-state index contributed by atoms with van der Waals surface area (Å²) in [5, 5.41) is 5.99. The molecule has 1 saturated heterocycles. The summed E-state index contributed by atoms with van der Waals surface area (Å²) in [5.74, 6) is 5.73. The smallest absolute Gasteiger partial charge is 0.298 e. The van der Waals surface area contributed by atoms with Gasteiger partial charge < -0.3 is 10.2 Å². The zero-order chi connectivity index (χ0) is 22.6. The van der Waals surface area contributed by atoms with Crippen molar-refractivity contribution in [3.05, 3.63) is 87.4 Å². The van der Waals surface area contributed by atoms with E-state index in [9.17, 15) is 9.59 Å². The van der Waals surface area contributed by atoms with Crippen LogP contribution < -0.4 is 5.32 Å². The topological polar surface area (TPSA) is 62.3 Å². The van der Waals surface area contributed by atoms with Gasteiger partial charge in [-0.05, 0) is 48.9 Å². The highest BCUT2D eigenvalue weighted by atomic mass is 32.1. The maximum atomic E-state index is 12.8. The van der Waals surface area contributed by atoms with Gasteiger partial charge in [0.05, 0.1) is 11.0 Å². The molecule has 3 aromatic rings. The number of carbonyl (C=O) groups is 2. The van der Waals surface area contributed by atoms with E-state index < -0.39 is 0 Å².